The largest absolute Gasteiger partial charge is 0.478 e. The summed E-state index contributed by atoms with van der Waals surface area (Å²) in [5.41, 5.74) is -0.0664. The van der Waals surface area contributed by atoms with E-state index >= 15 is 0 Å². The van der Waals surface area contributed by atoms with Crippen molar-refractivity contribution >= 4 is 38.9 Å². The van der Waals surface area contributed by atoms with Crippen LogP contribution in [0.2, 0.25) is 0 Å². The van der Waals surface area contributed by atoms with Gasteiger partial charge in [-0.15, -0.1) is 11.3 Å². The van der Waals surface area contributed by atoms with Crippen LogP contribution < -0.4 is 5.32 Å². The van der Waals surface area contributed by atoms with Crippen LogP contribution in [0.5, 0.6) is 0 Å². The molecule has 1 saturated heterocycles. The Morgan fingerprint density at radius 2 is 1.97 bits per heavy atom. The number of amides is 1. The van der Waals surface area contributed by atoms with Gasteiger partial charge in [0.1, 0.15) is 0 Å². The fourth-order valence-corrected chi connectivity index (χ4v) is 5.71. The lowest BCUT2D eigenvalue weighted by atomic mass is 10.1. The van der Waals surface area contributed by atoms with Gasteiger partial charge in [0.25, 0.3) is 5.91 Å². The molecule has 29 heavy (non-hydrogen) atoms. The van der Waals surface area contributed by atoms with Crippen molar-refractivity contribution in [1.82, 2.24) is 4.31 Å². The van der Waals surface area contributed by atoms with Gasteiger partial charge in [-0.2, -0.15) is 9.57 Å². The van der Waals surface area contributed by atoms with E-state index in [9.17, 15) is 23.1 Å². The van der Waals surface area contributed by atoms with Crippen molar-refractivity contribution in [1.29, 1.82) is 5.26 Å². The maximum absolute atomic E-state index is 12.9. The number of rotatable bonds is 5. The number of thiophene rings is 1. The number of carbonyl (C=O) groups is 2. The van der Waals surface area contributed by atoms with E-state index in [2.05, 4.69) is 5.32 Å². The smallest absolute Gasteiger partial charge is 0.337 e. The number of aryl methyl sites for hydroxylation is 1. The summed E-state index contributed by atoms with van der Waals surface area (Å²) in [7, 11) is -3.76. The summed E-state index contributed by atoms with van der Waals surface area (Å²) in [6.45, 7) is 2.72. The Morgan fingerprint density at radius 3 is 2.59 bits per heavy atom. The number of hydrogen-bond donors (Lipinski definition) is 2. The number of nitriles is 1. The molecule has 9 nitrogen and oxygen atoms in total. The fraction of sp³-hybridized carbons (Fsp3) is 0.278. The summed E-state index contributed by atoms with van der Waals surface area (Å²) in [4.78, 5) is 24.7. The minimum absolute atomic E-state index is 0.0186. The number of aromatic carboxylic acids is 1. The van der Waals surface area contributed by atoms with Crippen LogP contribution in [-0.2, 0) is 14.8 Å². The van der Waals surface area contributed by atoms with Gasteiger partial charge in [-0.05, 0) is 31.2 Å². The molecule has 2 N–H and O–H groups in total. The van der Waals surface area contributed by atoms with Crippen molar-refractivity contribution in [2.24, 2.45) is 0 Å². The summed E-state index contributed by atoms with van der Waals surface area (Å²) in [5.74, 6) is -1.93. The Bertz CT molecular complexity index is 1110. The average molecular weight is 435 g/mol. The summed E-state index contributed by atoms with van der Waals surface area (Å²) in [5, 5.41) is 20.7. The number of carbonyl (C=O) groups excluding carboxylic acids is 1. The van der Waals surface area contributed by atoms with Crippen molar-refractivity contribution < 1.29 is 27.9 Å². The molecule has 1 aromatic heterocycles. The van der Waals surface area contributed by atoms with Gasteiger partial charge >= 0.3 is 5.97 Å². The highest BCUT2D eigenvalue weighted by molar-refractivity contribution is 7.89. The number of morpholine rings is 1. The first-order chi connectivity index (χ1) is 13.7. The number of carboxylic acid groups (broad SMARTS) is 1. The first-order valence-electron chi connectivity index (χ1n) is 8.51. The minimum atomic E-state index is -3.76. The molecule has 1 aliphatic rings. The SMILES string of the molecule is Cc1sc(C(=O)Nc2ccc(C#N)cc2C(=O)O)cc1S(=O)(=O)N1CCOCC1. The fourth-order valence-electron chi connectivity index (χ4n) is 2.84. The Hall–Kier alpha value is -2.78. The third-order valence-electron chi connectivity index (χ3n) is 4.31. The highest BCUT2D eigenvalue weighted by Gasteiger charge is 2.30. The molecule has 3 rings (SSSR count). The number of sulfonamides is 1. The van der Waals surface area contributed by atoms with Crippen molar-refractivity contribution in [3.05, 3.63) is 45.1 Å². The molecule has 0 aliphatic carbocycles. The van der Waals surface area contributed by atoms with E-state index in [0.717, 1.165) is 17.4 Å². The van der Waals surface area contributed by atoms with Gasteiger partial charge in [-0.25, -0.2) is 13.2 Å². The second kappa shape index (κ2) is 8.30. The van der Waals surface area contributed by atoms with Gasteiger partial charge in [0.2, 0.25) is 10.0 Å². The molecule has 2 aromatic rings. The van der Waals surface area contributed by atoms with E-state index in [1.54, 1.807) is 6.92 Å². The number of benzene rings is 1. The van der Waals surface area contributed by atoms with Crippen LogP contribution in [0.25, 0.3) is 0 Å². The average Bonchev–Trinajstić information content (AvgIpc) is 3.11. The van der Waals surface area contributed by atoms with Gasteiger partial charge in [0, 0.05) is 18.0 Å². The Kier molecular flexibility index (Phi) is 5.99. The molecular weight excluding hydrogens is 418 g/mol. The summed E-state index contributed by atoms with van der Waals surface area (Å²) in [6.07, 6.45) is 0. The number of nitrogens with zero attached hydrogens (tertiary/aromatic N) is 2. The molecule has 1 amide bonds. The third kappa shape index (κ3) is 4.30. The van der Waals surface area contributed by atoms with Crippen LogP contribution in [0.3, 0.4) is 0 Å². The lowest BCUT2D eigenvalue weighted by Crippen LogP contribution is -2.40. The molecule has 1 aliphatic heterocycles. The topological polar surface area (TPSA) is 137 Å². The minimum Gasteiger partial charge on any atom is -0.478 e. The zero-order valence-electron chi connectivity index (χ0n) is 15.3. The molecule has 11 heteroatoms. The molecule has 0 atom stereocenters. The van der Waals surface area contributed by atoms with E-state index in [1.807, 2.05) is 6.07 Å². The molecule has 0 radical (unpaired) electrons. The molecule has 2 heterocycles. The van der Waals surface area contributed by atoms with Gasteiger partial charge in [-0.1, -0.05) is 0 Å². The number of hydrogen-bond acceptors (Lipinski definition) is 7. The van der Waals surface area contributed by atoms with Crippen LogP contribution in [0, 0.1) is 18.3 Å². The van der Waals surface area contributed by atoms with Gasteiger partial charge in [-0.3, -0.25) is 4.79 Å². The summed E-state index contributed by atoms with van der Waals surface area (Å²) in [6, 6.07) is 7.00. The van der Waals surface area contributed by atoms with Crippen molar-refractivity contribution in [2.45, 2.75) is 11.8 Å². The predicted molar refractivity (Wildman–Crippen MR) is 105 cm³/mol. The third-order valence-corrected chi connectivity index (χ3v) is 7.51. The van der Waals surface area contributed by atoms with Crippen molar-refractivity contribution in [3.8, 4) is 6.07 Å². The summed E-state index contributed by atoms with van der Waals surface area (Å²) >= 11 is 1.01. The zero-order chi connectivity index (χ0) is 21.2. The first-order valence-corrected chi connectivity index (χ1v) is 10.8. The number of nitrogens with one attached hydrogen (secondary N) is 1. The molecule has 0 bridgehead atoms. The lowest BCUT2D eigenvalue weighted by molar-refractivity contribution is 0.0698. The maximum Gasteiger partial charge on any atom is 0.337 e. The standard InChI is InChI=1S/C18H17N3O6S2/c1-11-16(29(25,26)21-4-6-27-7-5-21)9-15(28-11)17(22)20-14-3-2-12(10-19)8-13(14)18(23)24/h2-3,8-9H,4-7H2,1H3,(H,20,22)(H,23,24). The van der Waals surface area contributed by atoms with E-state index in [4.69, 9.17) is 10.00 Å². The summed E-state index contributed by atoms with van der Waals surface area (Å²) < 4.78 is 32.2. The molecule has 0 spiro atoms. The number of carboxylic acids is 1. The van der Waals surface area contributed by atoms with Crippen LogP contribution in [0.15, 0.2) is 29.2 Å². The van der Waals surface area contributed by atoms with E-state index in [-0.39, 0.29) is 39.7 Å². The van der Waals surface area contributed by atoms with Crippen LogP contribution in [0.4, 0.5) is 5.69 Å². The van der Waals surface area contributed by atoms with Crippen LogP contribution in [0.1, 0.15) is 30.5 Å². The molecule has 0 unspecified atom stereocenters. The van der Waals surface area contributed by atoms with Crippen molar-refractivity contribution in [2.75, 3.05) is 31.6 Å². The Labute approximate surface area is 171 Å². The first kappa shape index (κ1) is 20.9. The monoisotopic (exact) mass is 435 g/mol. The quantitative estimate of drug-likeness (QED) is 0.732. The molecule has 152 valence electrons. The van der Waals surface area contributed by atoms with E-state index < -0.39 is 21.9 Å². The van der Waals surface area contributed by atoms with E-state index in [0.29, 0.717) is 18.1 Å². The van der Waals surface area contributed by atoms with Crippen molar-refractivity contribution in [3.63, 3.8) is 0 Å². The second-order valence-corrected chi connectivity index (χ2v) is 9.34. The molecular formula is C18H17N3O6S2. The molecule has 1 fully saturated rings. The van der Waals surface area contributed by atoms with Gasteiger partial charge in [0.05, 0.1) is 45.9 Å². The van der Waals surface area contributed by atoms with Crippen LogP contribution in [-0.4, -0.2) is 56.0 Å². The Morgan fingerprint density at radius 1 is 1.28 bits per heavy atom. The predicted octanol–water partition coefficient (Wildman–Crippen LogP) is 1.90. The highest BCUT2D eigenvalue weighted by Crippen LogP contribution is 2.29. The zero-order valence-corrected chi connectivity index (χ0v) is 17.0. The normalized spacial score (nSPS) is 14.9. The van der Waals surface area contributed by atoms with Crippen LogP contribution >= 0.6 is 11.3 Å². The maximum atomic E-state index is 12.9. The van der Waals surface area contributed by atoms with Gasteiger partial charge in [0.15, 0.2) is 0 Å². The molecule has 1 aromatic carbocycles. The second-order valence-electron chi connectivity index (χ2n) is 6.18. The number of anilines is 1. The highest BCUT2D eigenvalue weighted by atomic mass is 32.2. The van der Waals surface area contributed by atoms with E-state index in [1.165, 1.54) is 22.5 Å². The Balaban J connectivity index is 1.88. The van der Waals surface area contributed by atoms with Gasteiger partial charge < -0.3 is 15.2 Å². The lowest BCUT2D eigenvalue weighted by Gasteiger charge is -2.25. The molecule has 0 saturated carbocycles. The number of ether oxygens (including phenoxy) is 1.